The lowest BCUT2D eigenvalue weighted by molar-refractivity contribution is 0.202. The predicted molar refractivity (Wildman–Crippen MR) is 121 cm³/mol. The van der Waals surface area contributed by atoms with E-state index in [0.29, 0.717) is 37.3 Å². The number of nitrogens with zero attached hydrogens (tertiary/aromatic N) is 3. The van der Waals surface area contributed by atoms with E-state index in [1.54, 1.807) is 19.4 Å². The van der Waals surface area contributed by atoms with Crippen LogP contribution in [0.1, 0.15) is 26.5 Å². The number of anilines is 1. The van der Waals surface area contributed by atoms with Crippen molar-refractivity contribution in [1.82, 2.24) is 19.9 Å². The van der Waals surface area contributed by atoms with Crippen molar-refractivity contribution in [2.24, 2.45) is 0 Å². The topological polar surface area (TPSA) is 94.2 Å². The summed E-state index contributed by atoms with van der Waals surface area (Å²) in [5.41, 5.74) is 1.56. The van der Waals surface area contributed by atoms with Gasteiger partial charge in [0.15, 0.2) is 8.32 Å². The Labute approximate surface area is 178 Å². The van der Waals surface area contributed by atoms with E-state index >= 15 is 0 Å². The van der Waals surface area contributed by atoms with E-state index in [4.69, 9.17) is 13.9 Å². The van der Waals surface area contributed by atoms with Crippen LogP contribution in [-0.4, -0.2) is 48.5 Å². The predicted octanol–water partition coefficient (Wildman–Crippen LogP) is 4.37. The zero-order chi connectivity index (χ0) is 21.8. The molecule has 0 aromatic carbocycles. The minimum atomic E-state index is -1.77. The molecule has 2 N–H and O–H groups in total. The average molecular weight is 430 g/mol. The first kappa shape index (κ1) is 22.0. The summed E-state index contributed by atoms with van der Waals surface area (Å²) in [7, 11) is 0.0171. The van der Waals surface area contributed by atoms with Crippen LogP contribution in [0.15, 0.2) is 30.7 Å². The zero-order valence-corrected chi connectivity index (χ0v) is 19.6. The summed E-state index contributed by atoms with van der Waals surface area (Å²) in [6.07, 6.45) is 5.17. The van der Waals surface area contributed by atoms with Gasteiger partial charge in [-0.15, -0.1) is 0 Å². The largest absolute Gasteiger partial charge is 0.489 e. The van der Waals surface area contributed by atoms with Gasteiger partial charge in [-0.1, -0.05) is 20.8 Å². The van der Waals surface area contributed by atoms with Gasteiger partial charge in [0.25, 0.3) is 0 Å². The van der Waals surface area contributed by atoms with Gasteiger partial charge in [0.1, 0.15) is 30.4 Å². The van der Waals surface area contributed by atoms with Crippen LogP contribution in [-0.2, 0) is 11.0 Å². The van der Waals surface area contributed by atoms with E-state index < -0.39 is 8.32 Å². The van der Waals surface area contributed by atoms with Crippen molar-refractivity contribution in [3.05, 3.63) is 36.4 Å². The highest BCUT2D eigenvalue weighted by Crippen LogP contribution is 2.36. The second-order valence-corrected chi connectivity index (χ2v) is 13.4. The highest BCUT2D eigenvalue weighted by molar-refractivity contribution is 6.74. The second-order valence-electron chi connectivity index (χ2n) is 8.59. The van der Waals surface area contributed by atoms with Crippen molar-refractivity contribution >= 4 is 25.3 Å². The molecule has 0 aliphatic carbocycles. The van der Waals surface area contributed by atoms with Crippen molar-refractivity contribution in [2.45, 2.75) is 45.5 Å². The lowest BCUT2D eigenvalue weighted by Gasteiger charge is -2.36. The SMILES string of the molecule is CNc1nc(COc2cncc(OCCO[Si](C)(C)C(C)(C)C)c2)c2cc[nH]c2n1. The van der Waals surface area contributed by atoms with E-state index in [9.17, 15) is 0 Å². The molecule has 0 saturated carbocycles. The Bertz CT molecular complexity index is 984. The van der Waals surface area contributed by atoms with Gasteiger partial charge in [0.2, 0.25) is 5.95 Å². The fraction of sp³-hybridized carbons (Fsp3) is 0.476. The summed E-state index contributed by atoms with van der Waals surface area (Å²) in [6.45, 7) is 12.5. The molecule has 3 aromatic rings. The molecule has 0 saturated heterocycles. The molecule has 0 atom stereocenters. The second kappa shape index (κ2) is 9.01. The quantitative estimate of drug-likeness (QED) is 0.385. The third kappa shape index (κ3) is 5.28. The first-order chi connectivity index (χ1) is 14.2. The van der Waals surface area contributed by atoms with Crippen molar-refractivity contribution in [3.63, 3.8) is 0 Å². The van der Waals surface area contributed by atoms with Crippen molar-refractivity contribution < 1.29 is 13.9 Å². The summed E-state index contributed by atoms with van der Waals surface area (Å²) >= 11 is 0. The number of aromatic nitrogens is 4. The molecule has 0 radical (unpaired) electrons. The number of aromatic amines is 1. The average Bonchev–Trinajstić information content (AvgIpc) is 3.17. The van der Waals surface area contributed by atoms with E-state index in [1.807, 2.05) is 18.3 Å². The molecule has 3 rings (SSSR count). The van der Waals surface area contributed by atoms with Gasteiger partial charge in [-0.3, -0.25) is 4.98 Å². The molecular weight excluding hydrogens is 398 g/mol. The Kier molecular flexibility index (Phi) is 6.62. The van der Waals surface area contributed by atoms with Crippen LogP contribution >= 0.6 is 0 Å². The number of fused-ring (bicyclic) bond motifs is 1. The molecule has 0 aliphatic heterocycles. The first-order valence-corrected chi connectivity index (χ1v) is 13.0. The molecule has 0 bridgehead atoms. The minimum Gasteiger partial charge on any atom is -0.489 e. The fourth-order valence-electron chi connectivity index (χ4n) is 2.61. The maximum atomic E-state index is 6.15. The molecule has 3 aromatic heterocycles. The third-order valence-electron chi connectivity index (χ3n) is 5.40. The highest BCUT2D eigenvalue weighted by Gasteiger charge is 2.36. The van der Waals surface area contributed by atoms with Crippen LogP contribution in [0.5, 0.6) is 11.5 Å². The van der Waals surface area contributed by atoms with E-state index in [1.165, 1.54) is 0 Å². The standard InChI is InChI=1S/C21H31N5O3Si/c1-21(2,3)30(5,6)29-10-9-27-15-11-16(13-23-12-15)28-14-18-17-7-8-24-19(17)26-20(22-4)25-18/h7-8,11-13H,9-10,14H2,1-6H3,(H2,22,24,25,26). The number of ether oxygens (including phenoxy) is 2. The molecule has 162 valence electrons. The Hall–Kier alpha value is -2.65. The Morgan fingerprint density at radius 2 is 1.80 bits per heavy atom. The molecule has 3 heterocycles. The minimum absolute atomic E-state index is 0.182. The summed E-state index contributed by atoms with van der Waals surface area (Å²) < 4.78 is 17.9. The van der Waals surface area contributed by atoms with Crippen LogP contribution in [0, 0.1) is 0 Å². The van der Waals surface area contributed by atoms with Crippen LogP contribution < -0.4 is 14.8 Å². The summed E-state index contributed by atoms with van der Waals surface area (Å²) in [5.74, 6) is 1.81. The molecule has 9 heteroatoms. The highest BCUT2D eigenvalue weighted by atomic mass is 28.4. The van der Waals surface area contributed by atoms with E-state index in [2.05, 4.69) is 59.1 Å². The molecule has 0 aliphatic rings. The number of rotatable bonds is 9. The van der Waals surface area contributed by atoms with Gasteiger partial charge < -0.3 is 24.2 Å². The molecule has 0 spiro atoms. The smallest absolute Gasteiger partial charge is 0.224 e. The molecule has 8 nitrogen and oxygen atoms in total. The monoisotopic (exact) mass is 429 g/mol. The maximum Gasteiger partial charge on any atom is 0.224 e. The molecular formula is C21H31N5O3Si. The fourth-order valence-corrected chi connectivity index (χ4v) is 3.63. The van der Waals surface area contributed by atoms with Crippen molar-refractivity contribution in [1.29, 1.82) is 0 Å². The number of H-pyrrole nitrogens is 1. The number of hydrogen-bond acceptors (Lipinski definition) is 7. The summed E-state index contributed by atoms with van der Waals surface area (Å²) in [6, 6.07) is 3.77. The Morgan fingerprint density at radius 3 is 2.50 bits per heavy atom. The first-order valence-electron chi connectivity index (χ1n) is 10.1. The van der Waals surface area contributed by atoms with Crippen LogP contribution in [0.3, 0.4) is 0 Å². The molecule has 0 unspecified atom stereocenters. The zero-order valence-electron chi connectivity index (χ0n) is 18.6. The number of pyridine rings is 1. The number of hydrogen-bond donors (Lipinski definition) is 2. The van der Waals surface area contributed by atoms with E-state index in [-0.39, 0.29) is 5.04 Å². The summed E-state index contributed by atoms with van der Waals surface area (Å²) in [4.78, 5) is 16.2. The van der Waals surface area contributed by atoms with Crippen molar-refractivity contribution in [2.75, 3.05) is 25.6 Å². The third-order valence-corrected chi connectivity index (χ3v) is 9.94. The normalized spacial score (nSPS) is 12.2. The van der Waals surface area contributed by atoms with Gasteiger partial charge in [-0.2, -0.15) is 4.98 Å². The molecule has 0 fully saturated rings. The van der Waals surface area contributed by atoms with Gasteiger partial charge in [0.05, 0.1) is 24.7 Å². The van der Waals surface area contributed by atoms with Crippen LogP contribution in [0.25, 0.3) is 11.0 Å². The van der Waals surface area contributed by atoms with Gasteiger partial charge >= 0.3 is 0 Å². The van der Waals surface area contributed by atoms with Gasteiger partial charge in [-0.05, 0) is 24.2 Å². The van der Waals surface area contributed by atoms with Gasteiger partial charge in [0, 0.05) is 24.7 Å². The van der Waals surface area contributed by atoms with Crippen LogP contribution in [0.4, 0.5) is 5.95 Å². The summed E-state index contributed by atoms with van der Waals surface area (Å²) in [5, 5.41) is 4.08. The Morgan fingerprint density at radius 1 is 1.07 bits per heavy atom. The lowest BCUT2D eigenvalue weighted by Crippen LogP contribution is -2.41. The number of nitrogens with one attached hydrogen (secondary N) is 2. The Balaban J connectivity index is 1.57. The van der Waals surface area contributed by atoms with Crippen LogP contribution in [0.2, 0.25) is 18.1 Å². The maximum absolute atomic E-state index is 6.15. The molecule has 30 heavy (non-hydrogen) atoms. The van der Waals surface area contributed by atoms with Crippen molar-refractivity contribution in [3.8, 4) is 11.5 Å². The lowest BCUT2D eigenvalue weighted by atomic mass is 10.2. The van der Waals surface area contributed by atoms with Gasteiger partial charge in [-0.25, -0.2) is 4.98 Å². The molecule has 0 amide bonds. The van der Waals surface area contributed by atoms with E-state index in [0.717, 1.165) is 16.7 Å².